The van der Waals surface area contributed by atoms with Crippen LogP contribution in [0.1, 0.15) is 30.7 Å². The summed E-state index contributed by atoms with van der Waals surface area (Å²) >= 11 is 0. The van der Waals surface area contributed by atoms with Crippen LogP contribution in [0.25, 0.3) is 5.69 Å². The number of fused-ring (bicyclic) bond motifs is 2. The fraction of sp³-hybridized carbons (Fsp3) is 0.474. The first-order valence-electron chi connectivity index (χ1n) is 9.05. The maximum Gasteiger partial charge on any atom is 0.191 e. The van der Waals surface area contributed by atoms with Gasteiger partial charge in [-0.15, -0.1) is 24.0 Å². The Morgan fingerprint density at radius 1 is 1.41 bits per heavy atom. The van der Waals surface area contributed by atoms with E-state index in [1.807, 2.05) is 13.0 Å². The molecule has 6 nitrogen and oxygen atoms in total. The first-order valence-corrected chi connectivity index (χ1v) is 9.05. The van der Waals surface area contributed by atoms with Crippen molar-refractivity contribution in [2.45, 2.75) is 51.0 Å². The van der Waals surface area contributed by atoms with Gasteiger partial charge in [-0.25, -0.2) is 9.37 Å². The Balaban J connectivity index is 0.00000210. The van der Waals surface area contributed by atoms with E-state index in [1.165, 1.54) is 0 Å². The van der Waals surface area contributed by atoms with E-state index in [9.17, 15) is 4.39 Å². The fourth-order valence-corrected chi connectivity index (χ4v) is 3.83. The number of aromatic nitrogens is 2. The summed E-state index contributed by atoms with van der Waals surface area (Å²) in [5.74, 6) is 1.21. The first kappa shape index (κ1) is 20.1. The molecule has 1 aromatic carbocycles. The van der Waals surface area contributed by atoms with Gasteiger partial charge in [0.25, 0.3) is 0 Å². The van der Waals surface area contributed by atoms with Crippen molar-refractivity contribution in [1.29, 1.82) is 0 Å². The lowest BCUT2D eigenvalue weighted by Crippen LogP contribution is -2.47. The second-order valence-electron chi connectivity index (χ2n) is 6.92. The SMILES string of the molecule is CN=C(NCc1ccc(-n2ccnc2C)c(F)c1)NC1CC2CCC1O2.I. The van der Waals surface area contributed by atoms with Crippen LogP contribution in [0.15, 0.2) is 35.6 Å². The molecular formula is C19H25FIN5O. The van der Waals surface area contributed by atoms with E-state index in [1.54, 1.807) is 36.1 Å². The van der Waals surface area contributed by atoms with Crippen LogP contribution in [-0.4, -0.2) is 40.8 Å². The summed E-state index contributed by atoms with van der Waals surface area (Å²) < 4.78 is 22.1. The molecule has 8 heteroatoms. The van der Waals surface area contributed by atoms with Crippen molar-refractivity contribution in [2.24, 2.45) is 4.99 Å². The molecule has 3 heterocycles. The Morgan fingerprint density at radius 2 is 2.26 bits per heavy atom. The quantitative estimate of drug-likeness (QED) is 0.397. The third-order valence-electron chi connectivity index (χ3n) is 5.21. The minimum Gasteiger partial charge on any atom is -0.373 e. The summed E-state index contributed by atoms with van der Waals surface area (Å²) in [6, 6.07) is 5.55. The molecule has 2 saturated heterocycles. The Labute approximate surface area is 175 Å². The summed E-state index contributed by atoms with van der Waals surface area (Å²) in [5, 5.41) is 6.69. The van der Waals surface area contributed by atoms with Crippen molar-refractivity contribution < 1.29 is 9.13 Å². The number of imidazole rings is 1. The summed E-state index contributed by atoms with van der Waals surface area (Å²) in [6.07, 6.45) is 7.40. The number of halogens is 2. The standard InChI is InChI=1S/C19H24FN5O.HI/c1-12-22-7-8-25(12)17-5-3-13(9-15(17)20)11-23-19(21-2)24-16-10-14-4-6-18(16)26-14;/h3,5,7-9,14,16,18H,4,6,10-11H2,1-2H3,(H2,21,23,24);1H. The minimum absolute atomic E-state index is 0. The third kappa shape index (κ3) is 4.26. The van der Waals surface area contributed by atoms with Crippen molar-refractivity contribution in [1.82, 2.24) is 20.2 Å². The molecule has 2 N–H and O–H groups in total. The van der Waals surface area contributed by atoms with Crippen LogP contribution in [0.2, 0.25) is 0 Å². The zero-order valence-corrected chi connectivity index (χ0v) is 17.8. The zero-order valence-electron chi connectivity index (χ0n) is 15.5. The van der Waals surface area contributed by atoms with Gasteiger partial charge in [0.2, 0.25) is 0 Å². The highest BCUT2D eigenvalue weighted by Gasteiger charge is 2.41. The predicted octanol–water partition coefficient (Wildman–Crippen LogP) is 2.92. The van der Waals surface area contributed by atoms with Crippen LogP contribution < -0.4 is 10.6 Å². The Hall–Kier alpha value is -1.68. The van der Waals surface area contributed by atoms with Crippen LogP contribution in [0.3, 0.4) is 0 Å². The lowest BCUT2D eigenvalue weighted by Gasteiger charge is -2.22. The van der Waals surface area contributed by atoms with Crippen molar-refractivity contribution in [3.63, 3.8) is 0 Å². The van der Waals surface area contributed by atoms with E-state index >= 15 is 0 Å². The predicted molar refractivity (Wildman–Crippen MR) is 113 cm³/mol. The smallest absolute Gasteiger partial charge is 0.191 e. The lowest BCUT2D eigenvalue weighted by atomic mass is 9.96. The van der Waals surface area contributed by atoms with E-state index in [0.717, 1.165) is 36.6 Å². The first-order chi connectivity index (χ1) is 12.6. The number of aliphatic imine (C=N–C) groups is 1. The fourth-order valence-electron chi connectivity index (χ4n) is 3.83. The summed E-state index contributed by atoms with van der Waals surface area (Å²) in [5.41, 5.74) is 1.36. The molecule has 0 amide bonds. The molecule has 3 atom stereocenters. The number of ether oxygens (including phenoxy) is 1. The highest BCUT2D eigenvalue weighted by Crippen LogP contribution is 2.34. The molecule has 0 spiro atoms. The molecule has 3 unspecified atom stereocenters. The topological polar surface area (TPSA) is 63.5 Å². The van der Waals surface area contributed by atoms with Gasteiger partial charge in [-0.1, -0.05) is 6.07 Å². The number of benzene rings is 1. The highest BCUT2D eigenvalue weighted by atomic mass is 127. The van der Waals surface area contributed by atoms with E-state index in [0.29, 0.717) is 24.4 Å². The average molecular weight is 485 g/mol. The van der Waals surface area contributed by atoms with Gasteiger partial charge in [-0.2, -0.15) is 0 Å². The molecule has 2 bridgehead atoms. The Bertz CT molecular complexity index is 824. The summed E-state index contributed by atoms with van der Waals surface area (Å²) in [6.45, 7) is 2.35. The Morgan fingerprint density at radius 3 is 2.85 bits per heavy atom. The highest BCUT2D eigenvalue weighted by molar-refractivity contribution is 14.0. The van der Waals surface area contributed by atoms with Gasteiger partial charge in [0, 0.05) is 26.0 Å². The van der Waals surface area contributed by atoms with Gasteiger partial charge in [0.1, 0.15) is 11.6 Å². The Kier molecular flexibility index (Phi) is 6.36. The van der Waals surface area contributed by atoms with Crippen LogP contribution in [0.5, 0.6) is 0 Å². The van der Waals surface area contributed by atoms with Gasteiger partial charge in [0.15, 0.2) is 5.96 Å². The van der Waals surface area contributed by atoms with Gasteiger partial charge >= 0.3 is 0 Å². The second-order valence-corrected chi connectivity index (χ2v) is 6.92. The molecule has 0 aliphatic carbocycles. The summed E-state index contributed by atoms with van der Waals surface area (Å²) in [4.78, 5) is 8.42. The molecule has 2 aromatic rings. The van der Waals surface area contributed by atoms with E-state index in [2.05, 4.69) is 20.6 Å². The lowest BCUT2D eigenvalue weighted by molar-refractivity contribution is 0.0992. The molecule has 0 saturated carbocycles. The normalized spacial score (nSPS) is 24.0. The number of hydrogen-bond donors (Lipinski definition) is 2. The van der Waals surface area contributed by atoms with Crippen LogP contribution in [0.4, 0.5) is 4.39 Å². The third-order valence-corrected chi connectivity index (χ3v) is 5.21. The molecule has 1 aromatic heterocycles. The van der Waals surface area contributed by atoms with Crippen LogP contribution in [0, 0.1) is 12.7 Å². The molecule has 2 fully saturated rings. The maximum atomic E-state index is 14.5. The summed E-state index contributed by atoms with van der Waals surface area (Å²) in [7, 11) is 1.74. The molecule has 2 aliphatic heterocycles. The van der Waals surface area contributed by atoms with E-state index in [4.69, 9.17) is 4.74 Å². The second kappa shape index (κ2) is 8.55. The van der Waals surface area contributed by atoms with Crippen molar-refractivity contribution >= 4 is 29.9 Å². The zero-order chi connectivity index (χ0) is 18.1. The van der Waals surface area contributed by atoms with Gasteiger partial charge in [-0.05, 0) is 43.9 Å². The van der Waals surface area contributed by atoms with Gasteiger partial charge in [0.05, 0.1) is 23.9 Å². The average Bonchev–Trinajstić information content (AvgIpc) is 3.36. The molecule has 146 valence electrons. The van der Waals surface area contributed by atoms with Crippen molar-refractivity contribution in [3.8, 4) is 5.69 Å². The number of rotatable bonds is 4. The monoisotopic (exact) mass is 485 g/mol. The van der Waals surface area contributed by atoms with Gasteiger partial charge in [-0.3, -0.25) is 4.99 Å². The number of aryl methyl sites for hydroxylation is 1. The van der Waals surface area contributed by atoms with Crippen LogP contribution >= 0.6 is 24.0 Å². The van der Waals surface area contributed by atoms with Crippen molar-refractivity contribution in [2.75, 3.05) is 7.05 Å². The number of guanidine groups is 1. The molecule has 27 heavy (non-hydrogen) atoms. The molecular weight excluding hydrogens is 460 g/mol. The van der Waals surface area contributed by atoms with E-state index < -0.39 is 0 Å². The maximum absolute atomic E-state index is 14.5. The number of nitrogens with zero attached hydrogens (tertiary/aromatic N) is 3. The number of hydrogen-bond acceptors (Lipinski definition) is 3. The largest absolute Gasteiger partial charge is 0.373 e. The molecule has 4 rings (SSSR count). The van der Waals surface area contributed by atoms with Crippen LogP contribution in [-0.2, 0) is 11.3 Å². The van der Waals surface area contributed by atoms with E-state index in [-0.39, 0.29) is 35.9 Å². The van der Waals surface area contributed by atoms with Crippen molar-refractivity contribution in [3.05, 3.63) is 47.8 Å². The number of nitrogens with one attached hydrogen (secondary N) is 2. The minimum atomic E-state index is -0.269. The van der Waals surface area contributed by atoms with Gasteiger partial charge < -0.3 is 19.9 Å². The molecule has 0 radical (unpaired) electrons. The molecule has 2 aliphatic rings.